The first-order valence-electron chi connectivity index (χ1n) is 7.98. The fraction of sp³-hybridized carbons (Fsp3) is 0.0952. The smallest absolute Gasteiger partial charge is 0.342 e. The van der Waals surface area contributed by atoms with E-state index in [9.17, 15) is 4.79 Å². The van der Waals surface area contributed by atoms with Crippen LogP contribution in [0.2, 0.25) is 0 Å². The highest BCUT2D eigenvalue weighted by atomic mass is 16.6. The van der Waals surface area contributed by atoms with Crippen molar-refractivity contribution in [2.75, 3.05) is 4.90 Å². The van der Waals surface area contributed by atoms with Crippen molar-refractivity contribution >= 4 is 11.7 Å². The topological polar surface area (TPSA) is 29.5 Å². The number of rotatable bonds is 3. The average molecular weight is 315 g/mol. The number of fused-ring (bicyclic) bond motifs is 1. The molecular weight excluding hydrogens is 298 g/mol. The highest BCUT2D eigenvalue weighted by Gasteiger charge is 2.33. The van der Waals surface area contributed by atoms with Crippen molar-refractivity contribution in [3.05, 3.63) is 102 Å². The van der Waals surface area contributed by atoms with E-state index in [1.165, 1.54) is 5.56 Å². The number of carbonyl (C=O) groups is 1. The molecule has 3 aromatic carbocycles. The van der Waals surface area contributed by atoms with Gasteiger partial charge in [0, 0.05) is 12.1 Å². The molecule has 1 aliphatic heterocycles. The van der Waals surface area contributed by atoms with Crippen LogP contribution in [-0.2, 0) is 11.3 Å². The molecule has 0 radical (unpaired) electrons. The first-order valence-corrected chi connectivity index (χ1v) is 7.98. The summed E-state index contributed by atoms with van der Waals surface area (Å²) in [5.41, 5.74) is 3.66. The Morgan fingerprint density at radius 3 is 2.17 bits per heavy atom. The van der Waals surface area contributed by atoms with Crippen LogP contribution in [-0.4, -0.2) is 5.97 Å². The van der Waals surface area contributed by atoms with Gasteiger partial charge in [0.25, 0.3) is 0 Å². The molecule has 0 saturated heterocycles. The number of cyclic esters (lactones) is 1. The fourth-order valence-electron chi connectivity index (χ4n) is 3.07. The molecule has 3 nitrogen and oxygen atoms in total. The van der Waals surface area contributed by atoms with Crippen LogP contribution in [0.15, 0.2) is 84.9 Å². The van der Waals surface area contributed by atoms with Crippen LogP contribution < -0.4 is 4.90 Å². The molecule has 0 aromatic heterocycles. The maximum atomic E-state index is 12.4. The molecule has 0 amide bonds. The lowest BCUT2D eigenvalue weighted by molar-refractivity contribution is 0.0245. The van der Waals surface area contributed by atoms with Gasteiger partial charge in [-0.1, -0.05) is 72.8 Å². The molecule has 0 fully saturated rings. The third-order valence-corrected chi connectivity index (χ3v) is 4.22. The normalized spacial score (nSPS) is 16.4. The average Bonchev–Trinajstić information content (AvgIpc) is 2.65. The maximum Gasteiger partial charge on any atom is 0.342 e. The van der Waals surface area contributed by atoms with Crippen LogP contribution >= 0.6 is 0 Å². The highest BCUT2D eigenvalue weighted by molar-refractivity contribution is 5.97. The zero-order valence-corrected chi connectivity index (χ0v) is 13.1. The molecule has 1 atom stereocenters. The zero-order valence-electron chi connectivity index (χ0n) is 13.1. The summed E-state index contributed by atoms with van der Waals surface area (Å²) >= 11 is 0. The monoisotopic (exact) mass is 315 g/mol. The molecule has 118 valence electrons. The molecule has 0 bridgehead atoms. The Kier molecular flexibility index (Phi) is 3.75. The standard InChI is InChI=1S/C21H17NO2/c23-21-18-13-7-8-14-19(18)22(15-16-9-3-1-4-10-16)20(24-21)17-11-5-2-6-12-17/h1-14,20H,15H2. The zero-order chi connectivity index (χ0) is 16.4. The van der Waals surface area contributed by atoms with Gasteiger partial charge in [-0.05, 0) is 17.7 Å². The number of anilines is 1. The van der Waals surface area contributed by atoms with Gasteiger partial charge in [0.2, 0.25) is 6.23 Å². The SMILES string of the molecule is O=C1OC(c2ccccc2)N(Cc2ccccc2)c2ccccc21. The van der Waals surface area contributed by atoms with E-state index in [2.05, 4.69) is 17.0 Å². The Hall–Kier alpha value is -3.07. The van der Waals surface area contributed by atoms with Gasteiger partial charge in [-0.2, -0.15) is 0 Å². The largest absolute Gasteiger partial charge is 0.433 e. The molecule has 1 unspecified atom stereocenters. The number of benzene rings is 3. The number of carbonyl (C=O) groups excluding carboxylic acids is 1. The molecule has 0 spiro atoms. The number of hydrogen-bond donors (Lipinski definition) is 0. The summed E-state index contributed by atoms with van der Waals surface area (Å²) in [7, 11) is 0. The van der Waals surface area contributed by atoms with Crippen molar-refractivity contribution in [2.45, 2.75) is 12.8 Å². The van der Waals surface area contributed by atoms with Crippen molar-refractivity contribution in [1.82, 2.24) is 0 Å². The van der Waals surface area contributed by atoms with Gasteiger partial charge in [-0.15, -0.1) is 0 Å². The Bertz CT molecular complexity index is 846. The summed E-state index contributed by atoms with van der Waals surface area (Å²) < 4.78 is 5.77. The third kappa shape index (κ3) is 2.65. The quantitative estimate of drug-likeness (QED) is 0.663. The minimum atomic E-state index is -0.422. The van der Waals surface area contributed by atoms with Crippen molar-refractivity contribution in [3.8, 4) is 0 Å². The Morgan fingerprint density at radius 2 is 1.42 bits per heavy atom. The summed E-state index contributed by atoms with van der Waals surface area (Å²) in [5.74, 6) is -0.274. The first kappa shape index (κ1) is 14.5. The lowest BCUT2D eigenvalue weighted by atomic mass is 10.1. The summed E-state index contributed by atoms with van der Waals surface area (Å²) in [4.78, 5) is 14.6. The van der Waals surface area contributed by atoms with Crippen molar-refractivity contribution in [1.29, 1.82) is 0 Å². The van der Waals surface area contributed by atoms with Gasteiger partial charge in [-0.25, -0.2) is 4.79 Å². The van der Waals surface area contributed by atoms with Crippen molar-refractivity contribution in [3.63, 3.8) is 0 Å². The van der Waals surface area contributed by atoms with E-state index in [0.717, 1.165) is 11.3 Å². The van der Waals surface area contributed by atoms with Gasteiger partial charge >= 0.3 is 5.97 Å². The fourth-order valence-corrected chi connectivity index (χ4v) is 3.07. The minimum Gasteiger partial charge on any atom is -0.433 e. The Balaban J connectivity index is 1.79. The van der Waals surface area contributed by atoms with Gasteiger partial charge in [0.15, 0.2) is 0 Å². The highest BCUT2D eigenvalue weighted by Crippen LogP contribution is 2.37. The van der Waals surface area contributed by atoms with Gasteiger partial charge in [-0.3, -0.25) is 0 Å². The Labute approximate surface area is 141 Å². The lowest BCUT2D eigenvalue weighted by Gasteiger charge is -2.38. The second-order valence-electron chi connectivity index (χ2n) is 5.80. The predicted molar refractivity (Wildman–Crippen MR) is 93.7 cm³/mol. The summed E-state index contributed by atoms with van der Waals surface area (Å²) in [6.07, 6.45) is -0.422. The van der Waals surface area contributed by atoms with Crippen LogP contribution in [0.4, 0.5) is 5.69 Å². The van der Waals surface area contributed by atoms with Gasteiger partial charge in [0.1, 0.15) is 0 Å². The summed E-state index contributed by atoms with van der Waals surface area (Å²) in [6.45, 7) is 0.671. The van der Waals surface area contributed by atoms with E-state index in [4.69, 9.17) is 4.74 Å². The summed E-state index contributed by atoms with van der Waals surface area (Å²) in [5, 5.41) is 0. The molecule has 4 rings (SSSR count). The van der Waals surface area contributed by atoms with E-state index in [1.807, 2.05) is 72.8 Å². The van der Waals surface area contributed by atoms with E-state index in [-0.39, 0.29) is 5.97 Å². The van der Waals surface area contributed by atoms with Crippen molar-refractivity contribution in [2.24, 2.45) is 0 Å². The van der Waals surface area contributed by atoms with E-state index < -0.39 is 6.23 Å². The molecule has 0 aliphatic carbocycles. The van der Waals surface area contributed by atoms with Gasteiger partial charge in [0.05, 0.1) is 11.3 Å². The predicted octanol–water partition coefficient (Wildman–Crippen LogP) is 4.56. The molecule has 1 heterocycles. The minimum absolute atomic E-state index is 0.274. The molecule has 0 N–H and O–H groups in total. The van der Waals surface area contributed by atoms with Crippen LogP contribution in [0.5, 0.6) is 0 Å². The number of para-hydroxylation sites is 1. The Morgan fingerprint density at radius 1 is 0.792 bits per heavy atom. The molecule has 1 aliphatic rings. The third-order valence-electron chi connectivity index (χ3n) is 4.22. The van der Waals surface area contributed by atoms with Crippen molar-refractivity contribution < 1.29 is 9.53 Å². The van der Waals surface area contributed by atoms with Gasteiger partial charge < -0.3 is 9.64 Å². The molecule has 24 heavy (non-hydrogen) atoms. The lowest BCUT2D eigenvalue weighted by Crippen LogP contribution is -2.37. The van der Waals surface area contributed by atoms with Crippen LogP contribution in [0, 0.1) is 0 Å². The molecule has 0 saturated carbocycles. The van der Waals surface area contributed by atoms with E-state index in [0.29, 0.717) is 12.1 Å². The van der Waals surface area contributed by atoms with E-state index >= 15 is 0 Å². The molecule has 3 heteroatoms. The number of nitrogens with zero attached hydrogens (tertiary/aromatic N) is 1. The summed E-state index contributed by atoms with van der Waals surface area (Å²) in [6, 6.07) is 27.7. The molecule has 3 aromatic rings. The van der Waals surface area contributed by atoms with Crippen LogP contribution in [0.3, 0.4) is 0 Å². The number of hydrogen-bond acceptors (Lipinski definition) is 3. The van der Waals surface area contributed by atoms with Crippen LogP contribution in [0.25, 0.3) is 0 Å². The first-order chi connectivity index (χ1) is 11.8. The second kappa shape index (κ2) is 6.20. The van der Waals surface area contributed by atoms with Crippen LogP contribution in [0.1, 0.15) is 27.7 Å². The molecular formula is C21H17NO2. The number of esters is 1. The maximum absolute atomic E-state index is 12.4. The number of ether oxygens (including phenoxy) is 1. The second-order valence-corrected chi connectivity index (χ2v) is 5.80. The van der Waals surface area contributed by atoms with E-state index in [1.54, 1.807) is 0 Å².